The molecule has 0 aliphatic rings. The lowest BCUT2D eigenvalue weighted by atomic mass is 10.1. The summed E-state index contributed by atoms with van der Waals surface area (Å²) in [5.41, 5.74) is 7.03. The molecule has 5 N–H and O–H groups in total. The first-order valence-corrected chi connectivity index (χ1v) is 5.71. The van der Waals surface area contributed by atoms with Gasteiger partial charge in [-0.05, 0) is 42.0 Å². The van der Waals surface area contributed by atoms with Crippen molar-refractivity contribution in [3.05, 3.63) is 48.0 Å². The van der Waals surface area contributed by atoms with Crippen molar-refractivity contribution in [1.29, 1.82) is 0 Å². The van der Waals surface area contributed by atoms with Crippen LogP contribution in [-0.4, -0.2) is 16.1 Å². The highest BCUT2D eigenvalue weighted by atomic mass is 16.3. The predicted molar refractivity (Wildman–Crippen MR) is 73.0 cm³/mol. The summed E-state index contributed by atoms with van der Waals surface area (Å²) in [6.07, 6.45) is 0.134. The Labute approximate surface area is 110 Å². The Hall–Kier alpha value is -2.69. The summed E-state index contributed by atoms with van der Waals surface area (Å²) in [4.78, 5) is 11.8. The first-order valence-electron chi connectivity index (χ1n) is 5.71. The average molecular weight is 258 g/mol. The Balaban J connectivity index is 2.01. The van der Waals surface area contributed by atoms with E-state index in [-0.39, 0.29) is 29.5 Å². The topological polar surface area (TPSA) is 95.6 Å². The summed E-state index contributed by atoms with van der Waals surface area (Å²) in [5.74, 6) is -0.105. The van der Waals surface area contributed by atoms with Gasteiger partial charge in [-0.3, -0.25) is 4.79 Å². The summed E-state index contributed by atoms with van der Waals surface area (Å²) >= 11 is 0. The van der Waals surface area contributed by atoms with Gasteiger partial charge in [0.25, 0.3) is 0 Å². The fraction of sp³-hybridized carbons (Fsp3) is 0.0714. The van der Waals surface area contributed by atoms with E-state index in [4.69, 9.17) is 10.8 Å². The number of carbonyl (C=O) groups is 1. The summed E-state index contributed by atoms with van der Waals surface area (Å²) in [6, 6.07) is 10.9. The van der Waals surface area contributed by atoms with Crippen LogP contribution < -0.4 is 11.1 Å². The standard InChI is InChI=1S/C14H14N2O3/c15-12-6-1-9(7-13(12)18)8-14(19)16-10-2-4-11(17)5-3-10/h1-7,17-18H,8,15H2,(H,16,19). The molecule has 2 aromatic carbocycles. The van der Waals surface area contributed by atoms with E-state index in [0.717, 1.165) is 0 Å². The van der Waals surface area contributed by atoms with E-state index >= 15 is 0 Å². The van der Waals surface area contributed by atoms with E-state index in [1.807, 2.05) is 0 Å². The summed E-state index contributed by atoms with van der Waals surface area (Å²) < 4.78 is 0. The third kappa shape index (κ3) is 3.38. The lowest BCUT2D eigenvalue weighted by Gasteiger charge is -2.06. The molecule has 0 atom stereocenters. The van der Waals surface area contributed by atoms with Gasteiger partial charge in [0.1, 0.15) is 11.5 Å². The number of rotatable bonds is 3. The molecule has 5 heteroatoms. The quantitative estimate of drug-likeness (QED) is 0.384. The third-order valence-corrected chi connectivity index (χ3v) is 2.61. The molecule has 0 aliphatic heterocycles. The molecule has 19 heavy (non-hydrogen) atoms. The van der Waals surface area contributed by atoms with Crippen molar-refractivity contribution in [3.63, 3.8) is 0 Å². The molecular formula is C14H14N2O3. The Morgan fingerprint density at radius 3 is 2.42 bits per heavy atom. The Bertz CT molecular complexity index is 594. The van der Waals surface area contributed by atoms with Crippen LogP contribution >= 0.6 is 0 Å². The smallest absolute Gasteiger partial charge is 0.228 e. The first kappa shape index (κ1) is 12.8. The molecule has 0 unspecified atom stereocenters. The van der Waals surface area contributed by atoms with Gasteiger partial charge in [-0.1, -0.05) is 6.07 Å². The van der Waals surface area contributed by atoms with Crippen LogP contribution in [0.4, 0.5) is 11.4 Å². The minimum absolute atomic E-state index is 0.0325. The highest BCUT2D eigenvalue weighted by Crippen LogP contribution is 2.21. The zero-order valence-corrected chi connectivity index (χ0v) is 10.1. The Kier molecular flexibility index (Phi) is 3.56. The van der Waals surface area contributed by atoms with Crippen LogP contribution in [0.15, 0.2) is 42.5 Å². The van der Waals surface area contributed by atoms with Crippen LogP contribution in [0, 0.1) is 0 Å². The SMILES string of the molecule is Nc1ccc(CC(=O)Nc2ccc(O)cc2)cc1O. The van der Waals surface area contributed by atoms with Gasteiger partial charge < -0.3 is 21.3 Å². The molecule has 0 radical (unpaired) electrons. The number of hydrogen-bond donors (Lipinski definition) is 4. The average Bonchev–Trinajstić information content (AvgIpc) is 2.37. The molecule has 0 spiro atoms. The maximum atomic E-state index is 11.8. The number of amides is 1. The van der Waals surface area contributed by atoms with Gasteiger partial charge >= 0.3 is 0 Å². The molecule has 2 rings (SSSR count). The fourth-order valence-corrected chi connectivity index (χ4v) is 1.63. The van der Waals surface area contributed by atoms with Crippen molar-refractivity contribution < 1.29 is 15.0 Å². The number of benzene rings is 2. The zero-order chi connectivity index (χ0) is 13.8. The normalized spacial score (nSPS) is 10.1. The van der Waals surface area contributed by atoms with Gasteiger partial charge in [0.15, 0.2) is 0 Å². The third-order valence-electron chi connectivity index (χ3n) is 2.61. The maximum absolute atomic E-state index is 11.8. The molecule has 5 nitrogen and oxygen atoms in total. The second-order valence-corrected chi connectivity index (χ2v) is 4.16. The monoisotopic (exact) mass is 258 g/mol. The van der Waals surface area contributed by atoms with Crippen LogP contribution in [0.25, 0.3) is 0 Å². The number of phenols is 2. The number of nitrogen functional groups attached to an aromatic ring is 1. The molecular weight excluding hydrogens is 244 g/mol. The Morgan fingerprint density at radius 2 is 1.79 bits per heavy atom. The zero-order valence-electron chi connectivity index (χ0n) is 10.1. The van der Waals surface area contributed by atoms with Crippen molar-refractivity contribution in [1.82, 2.24) is 0 Å². The van der Waals surface area contributed by atoms with E-state index in [1.165, 1.54) is 18.2 Å². The molecule has 2 aromatic rings. The first-order chi connectivity index (χ1) is 9.04. The predicted octanol–water partition coefficient (Wildman–Crippen LogP) is 1.86. The number of nitrogens with one attached hydrogen (secondary N) is 1. The van der Waals surface area contributed by atoms with Gasteiger partial charge in [0.05, 0.1) is 12.1 Å². The number of hydrogen-bond acceptors (Lipinski definition) is 4. The maximum Gasteiger partial charge on any atom is 0.228 e. The Morgan fingerprint density at radius 1 is 1.11 bits per heavy atom. The summed E-state index contributed by atoms with van der Waals surface area (Å²) in [7, 11) is 0. The van der Waals surface area contributed by atoms with Crippen molar-refractivity contribution in [2.24, 2.45) is 0 Å². The molecule has 98 valence electrons. The van der Waals surface area contributed by atoms with Crippen LogP contribution in [0.2, 0.25) is 0 Å². The highest BCUT2D eigenvalue weighted by molar-refractivity contribution is 5.92. The molecule has 0 aliphatic carbocycles. The van der Waals surface area contributed by atoms with Gasteiger partial charge in [-0.15, -0.1) is 0 Å². The molecule has 0 saturated heterocycles. The van der Waals surface area contributed by atoms with Crippen molar-refractivity contribution in [2.75, 3.05) is 11.1 Å². The second-order valence-electron chi connectivity index (χ2n) is 4.16. The van der Waals surface area contributed by atoms with Crippen LogP contribution in [0.1, 0.15) is 5.56 Å². The number of phenolic OH excluding ortho intramolecular Hbond substituents is 2. The van der Waals surface area contributed by atoms with E-state index in [1.54, 1.807) is 24.3 Å². The van der Waals surface area contributed by atoms with Crippen LogP contribution in [0.3, 0.4) is 0 Å². The number of carbonyl (C=O) groups excluding carboxylic acids is 1. The molecule has 0 bridgehead atoms. The van der Waals surface area contributed by atoms with Crippen molar-refractivity contribution in [3.8, 4) is 11.5 Å². The fourth-order valence-electron chi connectivity index (χ4n) is 1.63. The summed E-state index contributed by atoms with van der Waals surface area (Å²) in [6.45, 7) is 0. The van der Waals surface area contributed by atoms with Gasteiger partial charge in [-0.25, -0.2) is 0 Å². The second kappa shape index (κ2) is 5.30. The van der Waals surface area contributed by atoms with Crippen LogP contribution in [0.5, 0.6) is 11.5 Å². The minimum atomic E-state index is -0.213. The molecule has 0 saturated carbocycles. The van der Waals surface area contributed by atoms with E-state index in [0.29, 0.717) is 11.3 Å². The van der Waals surface area contributed by atoms with Gasteiger partial charge in [-0.2, -0.15) is 0 Å². The number of anilines is 2. The van der Waals surface area contributed by atoms with Gasteiger partial charge in [0, 0.05) is 5.69 Å². The van der Waals surface area contributed by atoms with E-state index in [2.05, 4.69) is 5.32 Å². The van der Waals surface area contributed by atoms with Crippen LogP contribution in [-0.2, 0) is 11.2 Å². The largest absolute Gasteiger partial charge is 0.508 e. The van der Waals surface area contributed by atoms with E-state index in [9.17, 15) is 9.90 Å². The molecule has 0 heterocycles. The molecule has 1 amide bonds. The van der Waals surface area contributed by atoms with Crippen molar-refractivity contribution >= 4 is 17.3 Å². The lowest BCUT2D eigenvalue weighted by Crippen LogP contribution is -2.14. The highest BCUT2D eigenvalue weighted by Gasteiger charge is 2.06. The summed E-state index contributed by atoms with van der Waals surface area (Å²) in [5, 5.41) is 21.3. The number of aromatic hydroxyl groups is 2. The molecule has 0 fully saturated rings. The van der Waals surface area contributed by atoms with Crippen molar-refractivity contribution in [2.45, 2.75) is 6.42 Å². The number of nitrogens with two attached hydrogens (primary N) is 1. The lowest BCUT2D eigenvalue weighted by molar-refractivity contribution is -0.115. The van der Waals surface area contributed by atoms with E-state index < -0.39 is 0 Å². The minimum Gasteiger partial charge on any atom is -0.508 e. The van der Waals surface area contributed by atoms with Gasteiger partial charge in [0.2, 0.25) is 5.91 Å². The molecule has 0 aromatic heterocycles.